The maximum absolute atomic E-state index is 12.3. The number of likely N-dealkylation sites (tertiary alicyclic amines) is 1. The molecule has 2 aliphatic rings. The van der Waals surface area contributed by atoms with E-state index in [2.05, 4.69) is 22.3 Å². The molecule has 0 spiro atoms. The number of hydrogen-bond acceptors (Lipinski definition) is 7. The Hall–Kier alpha value is -2.87. The first-order valence-corrected chi connectivity index (χ1v) is 11.0. The number of aromatic nitrogens is 2. The second-order valence-electron chi connectivity index (χ2n) is 8.42. The predicted molar refractivity (Wildman–Crippen MR) is 122 cm³/mol. The zero-order chi connectivity index (χ0) is 22.0. The average Bonchev–Trinajstić information content (AvgIpc) is 3.09. The van der Waals surface area contributed by atoms with E-state index in [1.54, 1.807) is 13.0 Å². The third-order valence-corrected chi connectivity index (χ3v) is 5.94. The first-order valence-electron chi connectivity index (χ1n) is 11.0. The predicted octanol–water partition coefficient (Wildman–Crippen LogP) is 3.39. The van der Waals surface area contributed by atoms with Crippen LogP contribution in [0.3, 0.4) is 0 Å². The molecule has 1 aromatic heterocycles. The second-order valence-corrected chi connectivity index (χ2v) is 8.42. The number of nitrogens with zero attached hydrogens (tertiary/aromatic N) is 4. The Morgan fingerprint density at radius 1 is 1.32 bits per heavy atom. The topological polar surface area (TPSA) is 92.0 Å². The number of fused-ring (bicyclic) bond motifs is 1. The number of aliphatic imine (C=N–C) groups is 1. The Balaban J connectivity index is 1.71. The zero-order valence-corrected chi connectivity index (χ0v) is 18.5. The van der Waals surface area contributed by atoms with Crippen LogP contribution in [0.15, 0.2) is 35.0 Å². The highest BCUT2D eigenvalue weighted by molar-refractivity contribution is 6.00. The van der Waals surface area contributed by atoms with Crippen LogP contribution in [0.2, 0.25) is 0 Å². The molecule has 2 N–H and O–H groups in total. The van der Waals surface area contributed by atoms with Crippen molar-refractivity contribution >= 4 is 28.7 Å². The minimum atomic E-state index is -0.353. The number of aliphatic hydroxyl groups is 1. The van der Waals surface area contributed by atoms with E-state index in [1.807, 2.05) is 29.7 Å². The molecule has 1 fully saturated rings. The van der Waals surface area contributed by atoms with E-state index in [0.29, 0.717) is 30.5 Å². The molecule has 3 heterocycles. The molecule has 0 aliphatic carbocycles. The van der Waals surface area contributed by atoms with E-state index < -0.39 is 0 Å². The molecule has 4 rings (SSSR count). The van der Waals surface area contributed by atoms with Crippen LogP contribution in [0.5, 0.6) is 0 Å². The van der Waals surface area contributed by atoms with Crippen LogP contribution in [0.1, 0.15) is 43.5 Å². The highest BCUT2D eigenvalue weighted by atomic mass is 16.5. The minimum absolute atomic E-state index is 0.126. The van der Waals surface area contributed by atoms with Crippen LogP contribution in [0.25, 0.3) is 11.0 Å². The van der Waals surface area contributed by atoms with Crippen molar-refractivity contribution < 1.29 is 14.6 Å². The molecule has 0 bridgehead atoms. The molecular weight excluding hydrogens is 394 g/mol. The van der Waals surface area contributed by atoms with Gasteiger partial charge in [0.15, 0.2) is 0 Å². The number of hydrogen-bond donors (Lipinski definition) is 2. The summed E-state index contributed by atoms with van der Waals surface area (Å²) in [5.74, 6) is 0.597. The Bertz CT molecular complexity index is 1020. The summed E-state index contributed by atoms with van der Waals surface area (Å²) < 4.78 is 7.19. The zero-order valence-electron chi connectivity index (χ0n) is 18.5. The highest BCUT2D eigenvalue weighted by Crippen LogP contribution is 2.25. The number of imidazole rings is 1. The second kappa shape index (κ2) is 9.09. The molecule has 0 radical (unpaired) electrons. The van der Waals surface area contributed by atoms with Crippen molar-refractivity contribution in [1.82, 2.24) is 14.5 Å². The molecule has 8 nitrogen and oxygen atoms in total. The van der Waals surface area contributed by atoms with Crippen molar-refractivity contribution in [2.45, 2.75) is 51.7 Å². The number of benzene rings is 1. The number of piperidine rings is 1. The van der Waals surface area contributed by atoms with Crippen LogP contribution >= 0.6 is 0 Å². The van der Waals surface area contributed by atoms with Gasteiger partial charge in [0, 0.05) is 6.04 Å². The maximum Gasteiger partial charge on any atom is 0.338 e. The molecule has 31 heavy (non-hydrogen) atoms. The van der Waals surface area contributed by atoms with Crippen molar-refractivity contribution in [1.29, 1.82) is 0 Å². The number of nitrogens with one attached hydrogen (secondary N) is 1. The Kier molecular flexibility index (Phi) is 6.27. The van der Waals surface area contributed by atoms with Crippen LogP contribution < -0.4 is 5.32 Å². The van der Waals surface area contributed by atoms with Crippen molar-refractivity contribution in [2.24, 2.45) is 4.99 Å². The Morgan fingerprint density at radius 3 is 2.84 bits per heavy atom. The van der Waals surface area contributed by atoms with Gasteiger partial charge in [-0.3, -0.25) is 4.99 Å². The summed E-state index contributed by atoms with van der Waals surface area (Å²) >= 11 is 0. The van der Waals surface area contributed by atoms with Gasteiger partial charge in [-0.1, -0.05) is 0 Å². The summed E-state index contributed by atoms with van der Waals surface area (Å²) in [6.45, 7) is 6.61. The minimum Gasteiger partial charge on any atom is -0.506 e. The lowest BCUT2D eigenvalue weighted by atomic mass is 10.1. The molecule has 1 saturated heterocycles. The number of aliphatic hydroxyl groups excluding tert-OH is 1. The number of anilines is 1. The van der Waals surface area contributed by atoms with Gasteiger partial charge in [0.1, 0.15) is 5.76 Å². The smallest absolute Gasteiger partial charge is 0.338 e. The monoisotopic (exact) mass is 425 g/mol. The average molecular weight is 426 g/mol. The van der Waals surface area contributed by atoms with Crippen LogP contribution in [-0.2, 0) is 11.3 Å². The van der Waals surface area contributed by atoms with E-state index in [4.69, 9.17) is 9.72 Å². The summed E-state index contributed by atoms with van der Waals surface area (Å²) in [5, 5.41) is 14.0. The molecule has 1 unspecified atom stereocenters. The number of ether oxygens (including phenoxy) is 1. The molecule has 1 atom stereocenters. The summed E-state index contributed by atoms with van der Waals surface area (Å²) in [4.78, 5) is 24.1. The maximum atomic E-state index is 12.3. The van der Waals surface area contributed by atoms with Gasteiger partial charge >= 0.3 is 5.97 Å². The Labute approximate surface area is 182 Å². The normalized spacial score (nSPS) is 20.4. The highest BCUT2D eigenvalue weighted by Gasteiger charge is 2.23. The fourth-order valence-corrected chi connectivity index (χ4v) is 4.13. The molecule has 2 aromatic rings. The van der Waals surface area contributed by atoms with E-state index in [-0.39, 0.29) is 17.8 Å². The quantitative estimate of drug-likeness (QED) is 0.690. The Morgan fingerprint density at radius 2 is 2.10 bits per heavy atom. The summed E-state index contributed by atoms with van der Waals surface area (Å²) in [6, 6.07) is 5.86. The molecule has 0 saturated carbocycles. The lowest BCUT2D eigenvalue weighted by Crippen LogP contribution is -2.37. The van der Waals surface area contributed by atoms with Gasteiger partial charge in [0.2, 0.25) is 5.95 Å². The van der Waals surface area contributed by atoms with Gasteiger partial charge in [-0.25, -0.2) is 9.78 Å². The lowest BCUT2D eigenvalue weighted by molar-refractivity contribution is 0.0526. The summed E-state index contributed by atoms with van der Waals surface area (Å²) in [6.07, 6.45) is 4.63. The summed E-state index contributed by atoms with van der Waals surface area (Å²) in [7, 11) is 2.14. The largest absolute Gasteiger partial charge is 0.506 e. The van der Waals surface area contributed by atoms with E-state index in [9.17, 15) is 9.90 Å². The third-order valence-electron chi connectivity index (χ3n) is 5.94. The lowest BCUT2D eigenvalue weighted by Gasteiger charge is -2.30. The standard InChI is InChI=1S/C23H31N5O3/c1-4-31-22(30)16-6-7-18-20(13-16)28(14-19-21(29)8-5-15(2)24-19)23(26-18)25-17-9-11-27(3)12-10-17/h6-8,13,15,17,29H,4-5,9-12,14H2,1-3H3,(H,25,26). The fraction of sp³-hybridized carbons (Fsp3) is 0.522. The number of carbonyl (C=O) groups is 1. The van der Waals surface area contributed by atoms with Gasteiger partial charge < -0.3 is 24.6 Å². The van der Waals surface area contributed by atoms with E-state index in [0.717, 1.165) is 49.3 Å². The van der Waals surface area contributed by atoms with Gasteiger partial charge in [0.25, 0.3) is 0 Å². The van der Waals surface area contributed by atoms with Crippen molar-refractivity contribution in [3.05, 3.63) is 35.6 Å². The number of allylic oxidation sites excluding steroid dienone is 1. The van der Waals surface area contributed by atoms with Gasteiger partial charge in [-0.05, 0) is 77.5 Å². The first-order chi connectivity index (χ1) is 14.9. The van der Waals surface area contributed by atoms with Crippen molar-refractivity contribution in [2.75, 3.05) is 32.1 Å². The van der Waals surface area contributed by atoms with Crippen molar-refractivity contribution in [3.63, 3.8) is 0 Å². The van der Waals surface area contributed by atoms with E-state index in [1.165, 1.54) is 0 Å². The number of esters is 1. The SMILES string of the molecule is CCOC(=O)c1ccc2nc(NC3CCN(C)CC3)n(CC3=NC(C)CC=C3O)c2c1. The van der Waals surface area contributed by atoms with Gasteiger partial charge in [-0.2, -0.15) is 0 Å². The molecule has 2 aliphatic heterocycles. The molecule has 1 aromatic carbocycles. The van der Waals surface area contributed by atoms with E-state index >= 15 is 0 Å². The van der Waals surface area contributed by atoms with Gasteiger partial charge in [-0.15, -0.1) is 0 Å². The molecule has 166 valence electrons. The number of carbonyl (C=O) groups excluding carboxylic acids is 1. The molecule has 8 heteroatoms. The van der Waals surface area contributed by atoms with Crippen LogP contribution in [0, 0.1) is 0 Å². The third kappa shape index (κ3) is 4.74. The van der Waals surface area contributed by atoms with Crippen LogP contribution in [0.4, 0.5) is 5.95 Å². The van der Waals surface area contributed by atoms with Gasteiger partial charge in [0.05, 0.1) is 41.5 Å². The molecule has 0 amide bonds. The number of rotatable bonds is 6. The van der Waals surface area contributed by atoms with Crippen molar-refractivity contribution in [3.8, 4) is 0 Å². The number of dihydropyridines is 1. The fourth-order valence-electron chi connectivity index (χ4n) is 4.13. The first kappa shape index (κ1) is 21.4. The molecular formula is C23H31N5O3. The summed E-state index contributed by atoms with van der Waals surface area (Å²) in [5.41, 5.74) is 2.72. The van der Waals surface area contributed by atoms with Crippen LogP contribution in [-0.4, -0.2) is 70.1 Å².